The summed E-state index contributed by atoms with van der Waals surface area (Å²) >= 11 is 0. The molecular weight excluding hydrogens is 404 g/mol. The van der Waals surface area contributed by atoms with Gasteiger partial charge >= 0.3 is 0 Å². The topological polar surface area (TPSA) is 103 Å². The van der Waals surface area contributed by atoms with Gasteiger partial charge in [-0.1, -0.05) is 43.2 Å². The minimum Gasteiger partial charge on any atom is -0.370 e. The highest BCUT2D eigenvalue weighted by Crippen LogP contribution is 2.22. The number of carbonyl (C=O) groups is 1. The van der Waals surface area contributed by atoms with E-state index in [0.29, 0.717) is 12.2 Å². The van der Waals surface area contributed by atoms with Crippen LogP contribution in [0.4, 0.5) is 11.6 Å². The maximum Gasteiger partial charge on any atom is 0.243 e. The molecule has 0 aliphatic carbocycles. The third-order valence-electron chi connectivity index (χ3n) is 5.05. The van der Waals surface area contributed by atoms with E-state index in [1.807, 2.05) is 43.4 Å². The van der Waals surface area contributed by atoms with Crippen LogP contribution >= 0.6 is 0 Å². The average Bonchev–Trinajstić information content (AvgIpc) is 2.84. The summed E-state index contributed by atoms with van der Waals surface area (Å²) in [4.78, 5) is 26.8. The van der Waals surface area contributed by atoms with E-state index in [4.69, 9.17) is 15.2 Å². The molecule has 0 radical (unpaired) electrons. The summed E-state index contributed by atoms with van der Waals surface area (Å²) in [6.07, 6.45) is 7.50. The van der Waals surface area contributed by atoms with Crippen molar-refractivity contribution < 1.29 is 10.0 Å². The van der Waals surface area contributed by atoms with Crippen LogP contribution in [0.15, 0.2) is 60.9 Å². The molecule has 0 fully saturated rings. The number of aromatic nitrogens is 3. The molecule has 0 atom stereocenters. The van der Waals surface area contributed by atoms with Crippen LogP contribution in [0.25, 0.3) is 11.4 Å². The Morgan fingerprint density at radius 2 is 1.84 bits per heavy atom. The van der Waals surface area contributed by atoms with Crippen LogP contribution in [0.3, 0.4) is 0 Å². The molecule has 8 heteroatoms. The maximum atomic E-state index is 11.0. The maximum absolute atomic E-state index is 11.0. The van der Waals surface area contributed by atoms with Crippen molar-refractivity contribution in [3.8, 4) is 11.4 Å². The predicted octanol–water partition coefficient (Wildman–Crippen LogP) is 4.04. The fourth-order valence-electron chi connectivity index (χ4n) is 3.32. The number of hydroxylamine groups is 1. The highest BCUT2D eigenvalue weighted by atomic mass is 16.5. The second-order valence-corrected chi connectivity index (χ2v) is 7.64. The van der Waals surface area contributed by atoms with Gasteiger partial charge < -0.3 is 10.2 Å². The number of benzene rings is 1. The molecule has 3 aromatic rings. The summed E-state index contributed by atoms with van der Waals surface area (Å²) in [6, 6.07) is 16.1. The van der Waals surface area contributed by atoms with Crippen LogP contribution in [0.2, 0.25) is 0 Å². The Balaban J connectivity index is 1.64. The third-order valence-corrected chi connectivity index (χ3v) is 5.05. The SMILES string of the molecule is CN(Cc1ccccc1)c1cc(NCCCCCCC(=O)NO)nc(-c2cccnc2)n1. The fourth-order valence-corrected chi connectivity index (χ4v) is 3.32. The van der Waals surface area contributed by atoms with E-state index in [-0.39, 0.29) is 5.91 Å². The summed E-state index contributed by atoms with van der Waals surface area (Å²) < 4.78 is 0. The lowest BCUT2D eigenvalue weighted by Gasteiger charge is -2.20. The van der Waals surface area contributed by atoms with E-state index in [1.54, 1.807) is 17.9 Å². The molecule has 168 valence electrons. The largest absolute Gasteiger partial charge is 0.370 e. The number of pyridine rings is 1. The molecular formula is C24H30N6O2. The van der Waals surface area contributed by atoms with Gasteiger partial charge in [-0.05, 0) is 30.5 Å². The van der Waals surface area contributed by atoms with Gasteiger partial charge in [0, 0.05) is 50.6 Å². The molecule has 3 rings (SSSR count). The first kappa shape index (κ1) is 23.1. The molecule has 2 aromatic heterocycles. The number of anilines is 2. The molecule has 0 bridgehead atoms. The number of carbonyl (C=O) groups excluding carboxylic acids is 1. The Morgan fingerprint density at radius 3 is 2.59 bits per heavy atom. The molecule has 0 saturated heterocycles. The highest BCUT2D eigenvalue weighted by molar-refractivity contribution is 5.74. The zero-order valence-corrected chi connectivity index (χ0v) is 18.4. The van der Waals surface area contributed by atoms with Gasteiger partial charge in [0.15, 0.2) is 5.82 Å². The van der Waals surface area contributed by atoms with Crippen molar-refractivity contribution in [1.82, 2.24) is 20.4 Å². The Hall–Kier alpha value is -3.52. The standard InChI is InChI=1S/C24H30N6O2/c1-30(18-19-10-5-4-6-11-19)22-16-21(26-15-8-3-2-7-13-23(31)29-32)27-24(28-22)20-12-9-14-25-17-20/h4-6,9-12,14,16-17,32H,2-3,7-8,13,15,18H2,1H3,(H,29,31)(H,26,27,28). The van der Waals surface area contributed by atoms with Crippen molar-refractivity contribution >= 4 is 17.5 Å². The molecule has 32 heavy (non-hydrogen) atoms. The Kier molecular flexibility index (Phi) is 8.94. The summed E-state index contributed by atoms with van der Waals surface area (Å²) in [5, 5.41) is 11.9. The van der Waals surface area contributed by atoms with Gasteiger partial charge in [-0.3, -0.25) is 15.0 Å². The van der Waals surface area contributed by atoms with E-state index in [9.17, 15) is 4.79 Å². The lowest BCUT2D eigenvalue weighted by atomic mass is 10.1. The molecule has 8 nitrogen and oxygen atoms in total. The minimum atomic E-state index is -0.334. The molecule has 1 aromatic carbocycles. The van der Waals surface area contributed by atoms with Crippen LogP contribution in [0.1, 0.15) is 37.7 Å². The summed E-state index contributed by atoms with van der Waals surface area (Å²) in [7, 11) is 2.02. The average molecular weight is 435 g/mol. The van der Waals surface area contributed by atoms with E-state index in [2.05, 4.69) is 27.3 Å². The Bertz CT molecular complexity index is 969. The predicted molar refractivity (Wildman–Crippen MR) is 125 cm³/mol. The lowest BCUT2D eigenvalue weighted by molar-refractivity contribution is -0.129. The van der Waals surface area contributed by atoms with Gasteiger partial charge in [0.1, 0.15) is 11.6 Å². The lowest BCUT2D eigenvalue weighted by Crippen LogP contribution is -2.19. The molecule has 1 amide bonds. The van der Waals surface area contributed by atoms with Gasteiger partial charge in [-0.25, -0.2) is 15.4 Å². The van der Waals surface area contributed by atoms with Gasteiger partial charge in [0.25, 0.3) is 0 Å². The zero-order chi connectivity index (χ0) is 22.6. The zero-order valence-electron chi connectivity index (χ0n) is 18.4. The van der Waals surface area contributed by atoms with Crippen LogP contribution in [-0.2, 0) is 11.3 Å². The first-order valence-corrected chi connectivity index (χ1v) is 10.9. The number of amides is 1. The van der Waals surface area contributed by atoms with Crippen LogP contribution < -0.4 is 15.7 Å². The molecule has 0 unspecified atom stereocenters. The number of unbranched alkanes of at least 4 members (excludes halogenated alkanes) is 3. The molecule has 0 spiro atoms. The number of nitrogens with one attached hydrogen (secondary N) is 2. The monoisotopic (exact) mass is 434 g/mol. The van der Waals surface area contributed by atoms with Crippen molar-refractivity contribution in [3.05, 3.63) is 66.5 Å². The van der Waals surface area contributed by atoms with Gasteiger partial charge in [0.2, 0.25) is 5.91 Å². The summed E-state index contributed by atoms with van der Waals surface area (Å²) in [5.74, 6) is 1.90. The molecule has 3 N–H and O–H groups in total. The van der Waals surface area contributed by atoms with Gasteiger partial charge in [-0.15, -0.1) is 0 Å². The smallest absolute Gasteiger partial charge is 0.243 e. The van der Waals surface area contributed by atoms with E-state index in [0.717, 1.165) is 56.0 Å². The third kappa shape index (κ3) is 7.31. The first-order valence-electron chi connectivity index (χ1n) is 10.9. The van der Waals surface area contributed by atoms with Crippen molar-refractivity contribution in [2.45, 2.75) is 38.6 Å². The van der Waals surface area contributed by atoms with E-state index in [1.165, 1.54) is 5.56 Å². The van der Waals surface area contributed by atoms with Crippen LogP contribution in [0, 0.1) is 0 Å². The number of rotatable bonds is 12. The number of hydrogen-bond acceptors (Lipinski definition) is 7. The van der Waals surface area contributed by atoms with Gasteiger partial charge in [0.05, 0.1) is 0 Å². The van der Waals surface area contributed by atoms with E-state index >= 15 is 0 Å². The van der Waals surface area contributed by atoms with Crippen LogP contribution in [-0.4, -0.2) is 39.7 Å². The van der Waals surface area contributed by atoms with E-state index < -0.39 is 0 Å². The number of hydrogen-bond donors (Lipinski definition) is 3. The Labute approximate surface area is 188 Å². The molecule has 2 heterocycles. The van der Waals surface area contributed by atoms with Crippen LogP contribution in [0.5, 0.6) is 0 Å². The van der Waals surface area contributed by atoms with Crippen molar-refractivity contribution in [2.24, 2.45) is 0 Å². The Morgan fingerprint density at radius 1 is 1.03 bits per heavy atom. The second-order valence-electron chi connectivity index (χ2n) is 7.64. The van der Waals surface area contributed by atoms with Crippen molar-refractivity contribution in [2.75, 3.05) is 23.8 Å². The van der Waals surface area contributed by atoms with Crippen molar-refractivity contribution in [3.63, 3.8) is 0 Å². The molecule has 0 saturated carbocycles. The quantitative estimate of drug-likeness (QED) is 0.224. The highest BCUT2D eigenvalue weighted by Gasteiger charge is 2.11. The molecule has 0 aliphatic heterocycles. The summed E-state index contributed by atoms with van der Waals surface area (Å²) in [5.41, 5.74) is 3.74. The van der Waals surface area contributed by atoms with Crippen molar-refractivity contribution in [1.29, 1.82) is 0 Å². The summed E-state index contributed by atoms with van der Waals surface area (Å²) in [6.45, 7) is 1.52. The minimum absolute atomic E-state index is 0.334. The van der Waals surface area contributed by atoms with Gasteiger partial charge in [-0.2, -0.15) is 0 Å². The normalized spacial score (nSPS) is 10.6. The second kappa shape index (κ2) is 12.4. The molecule has 0 aliphatic rings. The first-order chi connectivity index (χ1) is 15.7. The fraction of sp³-hybridized carbons (Fsp3) is 0.333. The number of nitrogens with zero attached hydrogens (tertiary/aromatic N) is 4.